The predicted octanol–water partition coefficient (Wildman–Crippen LogP) is 4.13. The molecule has 6 nitrogen and oxygen atoms in total. The first kappa shape index (κ1) is 22.4. The highest BCUT2D eigenvalue weighted by Gasteiger charge is 2.19. The summed E-state index contributed by atoms with van der Waals surface area (Å²) >= 11 is 5.28. The molecule has 0 bridgehead atoms. The Balaban J connectivity index is 2.13. The van der Waals surface area contributed by atoms with Crippen LogP contribution in [0.15, 0.2) is 48.5 Å². The molecule has 0 saturated carbocycles. The smallest absolute Gasteiger partial charge is 0.261 e. The fraction of sp³-hybridized carbons (Fsp3) is 0.318. The van der Waals surface area contributed by atoms with Crippen LogP contribution >= 0.6 is 12.2 Å². The molecule has 0 radical (unpaired) electrons. The van der Waals surface area contributed by atoms with Crippen LogP contribution < -0.4 is 20.7 Å². The van der Waals surface area contributed by atoms with Crippen LogP contribution in [-0.4, -0.2) is 28.6 Å². The Morgan fingerprint density at radius 1 is 0.931 bits per heavy atom. The average Bonchev–Trinajstić information content (AvgIpc) is 2.60. The van der Waals surface area contributed by atoms with Crippen molar-refractivity contribution in [1.29, 1.82) is 0 Å². The summed E-state index contributed by atoms with van der Waals surface area (Å²) in [6, 6.07) is 13.9. The quantitative estimate of drug-likeness (QED) is 0.643. The number of hydrogen-bond donors (Lipinski definition) is 3. The Labute approximate surface area is 177 Å². The zero-order valence-electron chi connectivity index (χ0n) is 17.3. The van der Waals surface area contributed by atoms with Crippen molar-refractivity contribution in [2.24, 2.45) is 0 Å². The summed E-state index contributed by atoms with van der Waals surface area (Å²) in [7, 11) is 0. The van der Waals surface area contributed by atoms with Gasteiger partial charge in [-0.1, -0.05) is 24.3 Å². The Morgan fingerprint density at radius 3 is 2.14 bits per heavy atom. The molecule has 0 aliphatic rings. The summed E-state index contributed by atoms with van der Waals surface area (Å²) in [6.45, 7) is 9.49. The molecule has 0 unspecified atom stereocenters. The van der Waals surface area contributed by atoms with Gasteiger partial charge in [0.1, 0.15) is 5.75 Å². The van der Waals surface area contributed by atoms with E-state index in [0.717, 1.165) is 0 Å². The van der Waals surface area contributed by atoms with Gasteiger partial charge in [0.15, 0.2) is 5.11 Å². The van der Waals surface area contributed by atoms with Crippen molar-refractivity contribution in [3.8, 4) is 5.75 Å². The molecular formula is C22H27N3O3S. The van der Waals surface area contributed by atoms with E-state index in [2.05, 4.69) is 16.0 Å². The van der Waals surface area contributed by atoms with Crippen molar-refractivity contribution < 1.29 is 14.3 Å². The lowest BCUT2D eigenvalue weighted by molar-refractivity contribution is 0.0919. The van der Waals surface area contributed by atoms with Crippen molar-refractivity contribution in [3.05, 3.63) is 59.7 Å². The van der Waals surface area contributed by atoms with Gasteiger partial charge >= 0.3 is 0 Å². The van der Waals surface area contributed by atoms with Crippen molar-refractivity contribution in [2.45, 2.75) is 46.3 Å². The van der Waals surface area contributed by atoms with E-state index in [1.165, 1.54) is 0 Å². The number of amides is 2. The number of benzene rings is 2. The monoisotopic (exact) mass is 413 g/mol. The summed E-state index contributed by atoms with van der Waals surface area (Å²) in [5.74, 6) is -0.145. The molecule has 0 aromatic heterocycles. The first-order valence-electron chi connectivity index (χ1n) is 9.36. The Hall–Kier alpha value is -2.93. The molecule has 29 heavy (non-hydrogen) atoms. The average molecular weight is 414 g/mol. The highest BCUT2D eigenvalue weighted by atomic mass is 32.1. The molecule has 0 spiro atoms. The van der Waals surface area contributed by atoms with Crippen molar-refractivity contribution >= 4 is 34.8 Å². The third kappa shape index (κ3) is 6.87. The zero-order valence-corrected chi connectivity index (χ0v) is 18.1. The van der Waals surface area contributed by atoms with Gasteiger partial charge in [0, 0.05) is 5.54 Å². The van der Waals surface area contributed by atoms with Crippen LogP contribution in [0.4, 0.5) is 5.69 Å². The highest BCUT2D eigenvalue weighted by Crippen LogP contribution is 2.20. The third-order valence-electron chi connectivity index (χ3n) is 3.63. The summed E-state index contributed by atoms with van der Waals surface area (Å²) < 4.78 is 5.69. The van der Waals surface area contributed by atoms with Crippen LogP contribution in [0.3, 0.4) is 0 Å². The second-order valence-corrected chi connectivity index (χ2v) is 8.23. The van der Waals surface area contributed by atoms with Crippen molar-refractivity contribution in [2.75, 3.05) is 5.32 Å². The minimum atomic E-state index is -0.393. The van der Waals surface area contributed by atoms with Gasteiger partial charge in [0.25, 0.3) is 11.8 Å². The van der Waals surface area contributed by atoms with Crippen LogP contribution in [0.25, 0.3) is 0 Å². The lowest BCUT2D eigenvalue weighted by Crippen LogP contribution is -2.41. The van der Waals surface area contributed by atoms with Gasteiger partial charge in [-0.3, -0.25) is 14.9 Å². The van der Waals surface area contributed by atoms with Gasteiger partial charge in [-0.25, -0.2) is 0 Å². The van der Waals surface area contributed by atoms with Gasteiger partial charge in [-0.2, -0.15) is 0 Å². The van der Waals surface area contributed by atoms with E-state index in [9.17, 15) is 9.59 Å². The molecule has 3 N–H and O–H groups in total. The van der Waals surface area contributed by atoms with Crippen LogP contribution in [-0.2, 0) is 0 Å². The fourth-order valence-corrected chi connectivity index (χ4v) is 2.74. The van der Waals surface area contributed by atoms with Crippen LogP contribution in [0.2, 0.25) is 0 Å². The molecule has 0 saturated heterocycles. The predicted molar refractivity (Wildman–Crippen MR) is 120 cm³/mol. The van der Waals surface area contributed by atoms with E-state index in [1.807, 2.05) is 34.6 Å². The van der Waals surface area contributed by atoms with Crippen molar-refractivity contribution in [1.82, 2.24) is 10.6 Å². The molecule has 2 aromatic carbocycles. The van der Waals surface area contributed by atoms with Gasteiger partial charge in [-0.05, 0) is 71.1 Å². The van der Waals surface area contributed by atoms with Crippen LogP contribution in [0, 0.1) is 0 Å². The molecule has 0 aliphatic carbocycles. The van der Waals surface area contributed by atoms with Crippen LogP contribution in [0.5, 0.6) is 5.75 Å². The number of thiocarbonyl (C=S) groups is 1. The lowest BCUT2D eigenvalue weighted by atomic mass is 10.1. The first-order chi connectivity index (χ1) is 13.6. The van der Waals surface area contributed by atoms with E-state index >= 15 is 0 Å². The van der Waals surface area contributed by atoms with Gasteiger partial charge in [0.2, 0.25) is 0 Å². The van der Waals surface area contributed by atoms with E-state index in [1.54, 1.807) is 48.5 Å². The Morgan fingerprint density at radius 2 is 1.52 bits per heavy atom. The molecule has 0 atom stereocenters. The van der Waals surface area contributed by atoms with E-state index in [0.29, 0.717) is 22.6 Å². The summed E-state index contributed by atoms with van der Waals surface area (Å²) in [5.41, 5.74) is 0.942. The minimum absolute atomic E-state index is 0.0674. The molecule has 7 heteroatoms. The number of carbonyl (C=O) groups excluding carboxylic acids is 2. The van der Waals surface area contributed by atoms with Gasteiger partial charge < -0.3 is 15.4 Å². The maximum atomic E-state index is 12.7. The third-order valence-corrected chi connectivity index (χ3v) is 3.83. The van der Waals surface area contributed by atoms with E-state index in [-0.39, 0.29) is 22.7 Å². The first-order valence-corrected chi connectivity index (χ1v) is 9.77. The van der Waals surface area contributed by atoms with E-state index in [4.69, 9.17) is 17.0 Å². The number of para-hydroxylation sites is 2. The normalized spacial score (nSPS) is 11.0. The molecule has 0 heterocycles. The molecule has 0 fully saturated rings. The number of nitrogens with one attached hydrogen (secondary N) is 3. The maximum Gasteiger partial charge on any atom is 0.261 e. The summed E-state index contributed by atoms with van der Waals surface area (Å²) in [4.78, 5) is 25.2. The topological polar surface area (TPSA) is 79.5 Å². The largest absolute Gasteiger partial charge is 0.490 e. The van der Waals surface area contributed by atoms with Crippen molar-refractivity contribution in [3.63, 3.8) is 0 Å². The fourth-order valence-electron chi connectivity index (χ4n) is 2.53. The zero-order chi connectivity index (χ0) is 21.6. The molecular weight excluding hydrogens is 386 g/mol. The standard InChI is InChI=1S/C22H27N3O3S/c1-14(2)28-18-13-9-7-11-16(18)19(26)24-21(29)23-17-12-8-6-10-15(17)20(27)25-22(3,4)5/h6-14H,1-5H3,(H,25,27)(H2,23,24,26,29). The Bertz CT molecular complexity index is 904. The molecule has 0 aliphatic heterocycles. The van der Waals surface area contributed by atoms with E-state index < -0.39 is 5.91 Å². The van der Waals surface area contributed by atoms with Crippen LogP contribution in [0.1, 0.15) is 55.3 Å². The number of anilines is 1. The maximum absolute atomic E-state index is 12.7. The lowest BCUT2D eigenvalue weighted by Gasteiger charge is -2.22. The molecule has 2 rings (SSSR count). The van der Waals surface area contributed by atoms with Gasteiger partial charge in [-0.15, -0.1) is 0 Å². The number of ether oxygens (including phenoxy) is 1. The number of rotatable bonds is 5. The minimum Gasteiger partial charge on any atom is -0.490 e. The summed E-state index contributed by atoms with van der Waals surface area (Å²) in [5, 5.41) is 8.58. The summed E-state index contributed by atoms with van der Waals surface area (Å²) in [6.07, 6.45) is -0.0674. The molecule has 2 aromatic rings. The Kier molecular flexibility index (Phi) is 7.34. The molecule has 154 valence electrons. The second kappa shape index (κ2) is 9.52. The SMILES string of the molecule is CC(C)Oc1ccccc1C(=O)NC(=S)Nc1ccccc1C(=O)NC(C)(C)C. The number of hydrogen-bond acceptors (Lipinski definition) is 4. The number of carbonyl (C=O) groups is 2. The highest BCUT2D eigenvalue weighted by molar-refractivity contribution is 7.80. The molecule has 2 amide bonds. The van der Waals surface area contributed by atoms with Gasteiger partial charge in [0.05, 0.1) is 22.9 Å². The second-order valence-electron chi connectivity index (χ2n) is 7.82.